The zero-order valence-corrected chi connectivity index (χ0v) is 8.87. The zero-order chi connectivity index (χ0) is 11.5. The lowest BCUT2D eigenvalue weighted by Crippen LogP contribution is -1.97. The van der Waals surface area contributed by atoms with Crippen LogP contribution in [0.3, 0.4) is 0 Å². The number of halogens is 1. The number of nitrogens with two attached hydrogens (primary N) is 1. The van der Waals surface area contributed by atoms with Crippen LogP contribution in [0.1, 0.15) is 5.56 Å². The predicted molar refractivity (Wildman–Crippen MR) is 63.1 cm³/mol. The fourth-order valence-corrected chi connectivity index (χ4v) is 1.42. The summed E-state index contributed by atoms with van der Waals surface area (Å²) in [5.74, 6) is 0.401. The molecule has 3 N–H and O–H groups in total. The second kappa shape index (κ2) is 4.18. The highest BCUT2D eigenvalue weighted by Crippen LogP contribution is 2.20. The minimum Gasteiger partial charge on any atom is -0.399 e. The van der Waals surface area contributed by atoms with Crippen molar-refractivity contribution in [2.24, 2.45) is 0 Å². The zero-order valence-electron chi connectivity index (χ0n) is 8.87. The minimum atomic E-state index is -0.247. The van der Waals surface area contributed by atoms with E-state index in [1.165, 1.54) is 12.1 Å². The Balaban J connectivity index is 2.27. The van der Waals surface area contributed by atoms with Gasteiger partial charge in [-0.3, -0.25) is 0 Å². The third-order valence-corrected chi connectivity index (χ3v) is 2.24. The lowest BCUT2D eigenvalue weighted by molar-refractivity contribution is 0.627. The summed E-state index contributed by atoms with van der Waals surface area (Å²) >= 11 is 0. The van der Waals surface area contributed by atoms with Crippen molar-refractivity contribution < 1.29 is 4.39 Å². The Morgan fingerprint density at radius 1 is 1.25 bits per heavy atom. The first kappa shape index (κ1) is 10.4. The summed E-state index contributed by atoms with van der Waals surface area (Å²) in [6, 6.07) is 7.98. The SMILES string of the molecule is Cc1cc(F)ccc1Nc1cc(N)ccn1. The van der Waals surface area contributed by atoms with Crippen LogP contribution in [-0.2, 0) is 0 Å². The van der Waals surface area contributed by atoms with Crippen molar-refractivity contribution in [3.8, 4) is 0 Å². The van der Waals surface area contributed by atoms with E-state index in [9.17, 15) is 4.39 Å². The molecular weight excluding hydrogens is 205 g/mol. The van der Waals surface area contributed by atoms with E-state index in [1.54, 1.807) is 24.4 Å². The van der Waals surface area contributed by atoms with E-state index in [1.807, 2.05) is 6.92 Å². The number of hydrogen-bond acceptors (Lipinski definition) is 3. The topological polar surface area (TPSA) is 50.9 Å². The van der Waals surface area contributed by atoms with Crippen LogP contribution in [-0.4, -0.2) is 4.98 Å². The molecule has 0 bridgehead atoms. The molecule has 0 spiro atoms. The quantitative estimate of drug-likeness (QED) is 0.813. The molecule has 1 aromatic carbocycles. The van der Waals surface area contributed by atoms with Gasteiger partial charge in [-0.25, -0.2) is 9.37 Å². The Kier molecular flexibility index (Phi) is 2.72. The molecule has 0 saturated heterocycles. The van der Waals surface area contributed by atoms with Gasteiger partial charge in [0.25, 0.3) is 0 Å². The van der Waals surface area contributed by atoms with Gasteiger partial charge in [-0.05, 0) is 36.8 Å². The van der Waals surface area contributed by atoms with Crippen LogP contribution in [0, 0.1) is 12.7 Å². The van der Waals surface area contributed by atoms with E-state index < -0.39 is 0 Å². The van der Waals surface area contributed by atoms with Crippen molar-refractivity contribution in [3.63, 3.8) is 0 Å². The van der Waals surface area contributed by atoms with Crippen molar-refractivity contribution in [2.75, 3.05) is 11.1 Å². The molecule has 0 aliphatic rings. The van der Waals surface area contributed by atoms with Gasteiger partial charge in [0, 0.05) is 23.6 Å². The van der Waals surface area contributed by atoms with Gasteiger partial charge in [-0.1, -0.05) is 0 Å². The summed E-state index contributed by atoms with van der Waals surface area (Å²) in [6.45, 7) is 1.83. The van der Waals surface area contributed by atoms with E-state index in [-0.39, 0.29) is 5.82 Å². The first-order valence-electron chi connectivity index (χ1n) is 4.90. The van der Waals surface area contributed by atoms with Crippen LogP contribution < -0.4 is 11.1 Å². The van der Waals surface area contributed by atoms with E-state index in [2.05, 4.69) is 10.3 Å². The molecule has 0 aliphatic heterocycles. The third kappa shape index (κ3) is 2.28. The average molecular weight is 217 g/mol. The predicted octanol–water partition coefficient (Wildman–Crippen LogP) is 2.85. The average Bonchev–Trinajstić information content (AvgIpc) is 2.22. The lowest BCUT2D eigenvalue weighted by atomic mass is 10.2. The van der Waals surface area contributed by atoms with Crippen LogP contribution in [0.4, 0.5) is 21.6 Å². The molecule has 0 unspecified atom stereocenters. The van der Waals surface area contributed by atoms with Crippen LogP contribution in [0.2, 0.25) is 0 Å². The number of aryl methyl sites for hydroxylation is 1. The van der Waals surface area contributed by atoms with Gasteiger partial charge in [-0.2, -0.15) is 0 Å². The maximum atomic E-state index is 12.9. The lowest BCUT2D eigenvalue weighted by Gasteiger charge is -2.08. The molecule has 4 heteroatoms. The highest BCUT2D eigenvalue weighted by molar-refractivity contribution is 5.62. The van der Waals surface area contributed by atoms with Gasteiger partial charge >= 0.3 is 0 Å². The van der Waals surface area contributed by atoms with E-state index in [0.29, 0.717) is 11.5 Å². The van der Waals surface area contributed by atoms with Gasteiger partial charge < -0.3 is 11.1 Å². The fourth-order valence-electron chi connectivity index (χ4n) is 1.42. The summed E-state index contributed by atoms with van der Waals surface area (Å²) < 4.78 is 12.9. The molecule has 1 aromatic heterocycles. The monoisotopic (exact) mass is 217 g/mol. The number of aromatic nitrogens is 1. The second-order valence-electron chi connectivity index (χ2n) is 3.56. The number of benzene rings is 1. The normalized spacial score (nSPS) is 10.1. The summed E-state index contributed by atoms with van der Waals surface area (Å²) in [4.78, 5) is 4.11. The van der Waals surface area contributed by atoms with Gasteiger partial charge in [0.1, 0.15) is 11.6 Å². The standard InChI is InChI=1S/C12H12FN3/c1-8-6-9(13)2-3-11(8)16-12-7-10(14)4-5-15-12/h2-7H,1H3,(H3,14,15,16). The van der Waals surface area contributed by atoms with Crippen molar-refractivity contribution in [2.45, 2.75) is 6.92 Å². The number of nitrogens with zero attached hydrogens (tertiary/aromatic N) is 1. The largest absolute Gasteiger partial charge is 0.399 e. The Morgan fingerprint density at radius 2 is 2.06 bits per heavy atom. The Hall–Kier alpha value is -2.10. The molecule has 82 valence electrons. The van der Waals surface area contributed by atoms with Crippen molar-refractivity contribution in [1.29, 1.82) is 0 Å². The van der Waals surface area contributed by atoms with E-state index >= 15 is 0 Å². The van der Waals surface area contributed by atoms with Crippen molar-refractivity contribution in [3.05, 3.63) is 47.9 Å². The number of hydrogen-bond donors (Lipinski definition) is 2. The Labute approximate surface area is 93.1 Å². The first-order valence-corrected chi connectivity index (χ1v) is 4.90. The maximum absolute atomic E-state index is 12.9. The fraction of sp³-hybridized carbons (Fsp3) is 0.0833. The molecule has 0 radical (unpaired) electrons. The summed E-state index contributed by atoms with van der Waals surface area (Å²) in [5.41, 5.74) is 7.91. The highest BCUT2D eigenvalue weighted by atomic mass is 19.1. The molecule has 16 heavy (non-hydrogen) atoms. The van der Waals surface area contributed by atoms with Gasteiger partial charge in [0.2, 0.25) is 0 Å². The molecule has 0 atom stereocenters. The molecule has 2 rings (SSSR count). The number of nitrogen functional groups attached to an aromatic ring is 1. The van der Waals surface area contributed by atoms with E-state index in [0.717, 1.165) is 11.3 Å². The van der Waals surface area contributed by atoms with Crippen molar-refractivity contribution in [1.82, 2.24) is 4.98 Å². The number of pyridine rings is 1. The van der Waals surface area contributed by atoms with Crippen LogP contribution in [0.25, 0.3) is 0 Å². The molecular formula is C12H12FN3. The van der Waals surface area contributed by atoms with Gasteiger partial charge in [0.15, 0.2) is 0 Å². The van der Waals surface area contributed by atoms with Crippen LogP contribution >= 0.6 is 0 Å². The van der Waals surface area contributed by atoms with E-state index in [4.69, 9.17) is 5.73 Å². The smallest absolute Gasteiger partial charge is 0.132 e. The van der Waals surface area contributed by atoms with Gasteiger partial charge in [0.05, 0.1) is 0 Å². The summed E-state index contributed by atoms with van der Waals surface area (Å²) in [7, 11) is 0. The molecule has 0 fully saturated rings. The Bertz CT molecular complexity index is 511. The molecule has 0 amide bonds. The second-order valence-corrected chi connectivity index (χ2v) is 3.56. The summed E-state index contributed by atoms with van der Waals surface area (Å²) in [6.07, 6.45) is 1.62. The molecule has 3 nitrogen and oxygen atoms in total. The van der Waals surface area contributed by atoms with Crippen molar-refractivity contribution >= 4 is 17.2 Å². The van der Waals surface area contributed by atoms with Gasteiger partial charge in [-0.15, -0.1) is 0 Å². The Morgan fingerprint density at radius 3 is 2.75 bits per heavy atom. The third-order valence-electron chi connectivity index (χ3n) is 2.24. The molecule has 0 saturated carbocycles. The number of nitrogens with one attached hydrogen (secondary N) is 1. The maximum Gasteiger partial charge on any atom is 0.132 e. The highest BCUT2D eigenvalue weighted by Gasteiger charge is 2.01. The number of anilines is 3. The number of rotatable bonds is 2. The summed E-state index contributed by atoms with van der Waals surface area (Å²) in [5, 5.41) is 3.08. The molecule has 2 aromatic rings. The molecule has 1 heterocycles. The minimum absolute atomic E-state index is 0.247. The van der Waals surface area contributed by atoms with Crippen LogP contribution in [0.5, 0.6) is 0 Å². The molecule has 0 aliphatic carbocycles. The van der Waals surface area contributed by atoms with Crippen LogP contribution in [0.15, 0.2) is 36.5 Å². The first-order chi connectivity index (χ1) is 7.65.